The zero-order valence-electron chi connectivity index (χ0n) is 10.6. The van der Waals surface area contributed by atoms with Gasteiger partial charge >= 0.3 is 0 Å². The summed E-state index contributed by atoms with van der Waals surface area (Å²) in [5, 5.41) is 8.67. The summed E-state index contributed by atoms with van der Waals surface area (Å²) in [5.74, 6) is 2.04. The molecular formula is C14H18N4. The van der Waals surface area contributed by atoms with Gasteiger partial charge in [0.1, 0.15) is 5.82 Å². The van der Waals surface area contributed by atoms with Crippen LogP contribution in [0.1, 0.15) is 24.7 Å². The van der Waals surface area contributed by atoms with Crippen molar-refractivity contribution in [1.29, 1.82) is 0 Å². The van der Waals surface area contributed by atoms with Crippen molar-refractivity contribution in [3.05, 3.63) is 35.7 Å². The van der Waals surface area contributed by atoms with Crippen molar-refractivity contribution in [3.63, 3.8) is 0 Å². The van der Waals surface area contributed by atoms with Gasteiger partial charge in [-0.05, 0) is 18.4 Å². The van der Waals surface area contributed by atoms with Crippen molar-refractivity contribution in [2.24, 2.45) is 5.73 Å². The van der Waals surface area contributed by atoms with Crippen LogP contribution in [0, 0.1) is 0 Å². The lowest BCUT2D eigenvalue weighted by Gasteiger charge is -2.21. The summed E-state index contributed by atoms with van der Waals surface area (Å²) in [7, 11) is 0. The first-order valence-electron chi connectivity index (χ1n) is 6.55. The number of fused-ring (bicyclic) bond motifs is 1. The van der Waals surface area contributed by atoms with Gasteiger partial charge in [-0.15, -0.1) is 10.2 Å². The predicted octanol–water partition coefficient (Wildman–Crippen LogP) is 1.78. The molecule has 2 N–H and O–H groups in total. The molecule has 1 aromatic carbocycles. The molecule has 1 aliphatic rings. The number of nitrogens with two attached hydrogens (primary N) is 1. The topological polar surface area (TPSA) is 56.7 Å². The van der Waals surface area contributed by atoms with E-state index in [0.29, 0.717) is 0 Å². The van der Waals surface area contributed by atoms with E-state index in [2.05, 4.69) is 46.0 Å². The van der Waals surface area contributed by atoms with E-state index < -0.39 is 0 Å². The highest BCUT2D eigenvalue weighted by molar-refractivity contribution is 5.60. The second kappa shape index (κ2) is 4.53. The van der Waals surface area contributed by atoms with Gasteiger partial charge in [0.15, 0.2) is 5.82 Å². The first-order chi connectivity index (χ1) is 8.79. The van der Waals surface area contributed by atoms with Gasteiger partial charge in [-0.3, -0.25) is 0 Å². The Kier molecular flexibility index (Phi) is 2.88. The van der Waals surface area contributed by atoms with E-state index >= 15 is 0 Å². The maximum Gasteiger partial charge on any atom is 0.164 e. The van der Waals surface area contributed by atoms with Gasteiger partial charge in [-0.25, -0.2) is 0 Å². The predicted molar refractivity (Wildman–Crippen MR) is 71.1 cm³/mol. The molecule has 1 aliphatic heterocycles. The molecule has 4 heteroatoms. The minimum atomic E-state index is 0.223. The van der Waals surface area contributed by atoms with E-state index in [1.165, 1.54) is 11.1 Å². The van der Waals surface area contributed by atoms with Crippen molar-refractivity contribution in [2.75, 3.05) is 0 Å². The van der Waals surface area contributed by atoms with Gasteiger partial charge in [0.05, 0.1) is 0 Å². The fourth-order valence-corrected chi connectivity index (χ4v) is 2.60. The molecule has 1 atom stereocenters. The molecule has 0 amide bonds. The summed E-state index contributed by atoms with van der Waals surface area (Å²) in [6.45, 7) is 2.99. The molecule has 1 unspecified atom stereocenters. The molecule has 0 saturated heterocycles. The number of hydrogen-bond donors (Lipinski definition) is 1. The fourth-order valence-electron chi connectivity index (χ4n) is 2.60. The second-order valence-electron chi connectivity index (χ2n) is 4.86. The monoisotopic (exact) mass is 242 g/mol. The summed E-state index contributed by atoms with van der Waals surface area (Å²) in [6.07, 6.45) is 2.94. The number of aryl methyl sites for hydroxylation is 2. The van der Waals surface area contributed by atoms with Crippen LogP contribution in [-0.2, 0) is 19.4 Å². The Hall–Kier alpha value is -1.68. The lowest BCUT2D eigenvalue weighted by molar-refractivity contribution is 0.456. The quantitative estimate of drug-likeness (QED) is 0.873. The van der Waals surface area contributed by atoms with Gasteiger partial charge < -0.3 is 10.3 Å². The lowest BCUT2D eigenvalue weighted by Crippen LogP contribution is -2.32. The Morgan fingerprint density at radius 1 is 1.33 bits per heavy atom. The summed E-state index contributed by atoms with van der Waals surface area (Å²) >= 11 is 0. The zero-order chi connectivity index (χ0) is 12.5. The van der Waals surface area contributed by atoms with Gasteiger partial charge in [0.25, 0.3) is 0 Å². The Balaban J connectivity index is 2.10. The third-order valence-corrected chi connectivity index (χ3v) is 3.62. The van der Waals surface area contributed by atoms with Crippen LogP contribution in [0.25, 0.3) is 11.4 Å². The van der Waals surface area contributed by atoms with E-state index in [9.17, 15) is 0 Å². The standard InChI is InChI=1S/C14H18N4/c1-2-10-5-3-4-6-12(10)14-17-16-13-8-7-11(15)9-18(13)14/h3-6,11H,2,7-9,15H2,1H3. The van der Waals surface area contributed by atoms with Crippen molar-refractivity contribution in [2.45, 2.75) is 38.8 Å². The average Bonchev–Trinajstić information content (AvgIpc) is 2.81. The lowest BCUT2D eigenvalue weighted by atomic mass is 10.0. The zero-order valence-corrected chi connectivity index (χ0v) is 10.6. The summed E-state index contributed by atoms with van der Waals surface area (Å²) < 4.78 is 2.18. The molecular weight excluding hydrogens is 224 g/mol. The molecule has 0 fully saturated rings. The maximum atomic E-state index is 6.05. The van der Waals surface area contributed by atoms with Crippen molar-refractivity contribution in [3.8, 4) is 11.4 Å². The van der Waals surface area contributed by atoms with Crippen molar-refractivity contribution >= 4 is 0 Å². The molecule has 4 nitrogen and oxygen atoms in total. The number of benzene rings is 1. The normalized spacial score (nSPS) is 18.7. The molecule has 0 aliphatic carbocycles. The van der Waals surface area contributed by atoms with E-state index in [4.69, 9.17) is 5.73 Å². The number of nitrogens with zero attached hydrogens (tertiary/aromatic N) is 3. The van der Waals surface area contributed by atoms with E-state index in [-0.39, 0.29) is 6.04 Å². The fraction of sp³-hybridized carbons (Fsp3) is 0.429. The van der Waals surface area contributed by atoms with Crippen LogP contribution in [0.5, 0.6) is 0 Å². The second-order valence-corrected chi connectivity index (χ2v) is 4.86. The Morgan fingerprint density at radius 3 is 3.00 bits per heavy atom. The molecule has 0 saturated carbocycles. The Labute approximate surface area is 107 Å². The first-order valence-corrected chi connectivity index (χ1v) is 6.55. The number of hydrogen-bond acceptors (Lipinski definition) is 3. The van der Waals surface area contributed by atoms with Crippen LogP contribution < -0.4 is 5.73 Å². The van der Waals surface area contributed by atoms with Crippen LogP contribution in [0.15, 0.2) is 24.3 Å². The van der Waals surface area contributed by atoms with E-state index in [0.717, 1.165) is 37.5 Å². The highest BCUT2D eigenvalue weighted by atomic mass is 15.3. The first kappa shape index (κ1) is 11.4. The van der Waals surface area contributed by atoms with E-state index in [1.54, 1.807) is 0 Å². The summed E-state index contributed by atoms with van der Waals surface area (Å²) in [6, 6.07) is 8.62. The third-order valence-electron chi connectivity index (χ3n) is 3.62. The van der Waals surface area contributed by atoms with Crippen molar-refractivity contribution in [1.82, 2.24) is 14.8 Å². The van der Waals surface area contributed by atoms with Crippen LogP contribution in [0.3, 0.4) is 0 Å². The minimum Gasteiger partial charge on any atom is -0.326 e. The molecule has 0 spiro atoms. The SMILES string of the molecule is CCc1ccccc1-c1nnc2n1CC(N)CC2. The van der Waals surface area contributed by atoms with Crippen LogP contribution in [0.4, 0.5) is 0 Å². The Bertz CT molecular complexity index is 559. The average molecular weight is 242 g/mol. The third kappa shape index (κ3) is 1.82. The molecule has 18 heavy (non-hydrogen) atoms. The van der Waals surface area contributed by atoms with E-state index in [1.807, 2.05) is 0 Å². The smallest absolute Gasteiger partial charge is 0.164 e. The highest BCUT2D eigenvalue weighted by Crippen LogP contribution is 2.25. The van der Waals surface area contributed by atoms with Gasteiger partial charge in [0.2, 0.25) is 0 Å². The number of aromatic nitrogens is 3. The minimum absolute atomic E-state index is 0.223. The molecule has 2 heterocycles. The molecule has 0 bridgehead atoms. The summed E-state index contributed by atoms with van der Waals surface area (Å²) in [4.78, 5) is 0. The molecule has 1 aromatic heterocycles. The maximum absolute atomic E-state index is 6.05. The Morgan fingerprint density at radius 2 is 2.17 bits per heavy atom. The van der Waals surface area contributed by atoms with Crippen LogP contribution >= 0.6 is 0 Å². The number of rotatable bonds is 2. The largest absolute Gasteiger partial charge is 0.326 e. The molecule has 94 valence electrons. The molecule has 3 rings (SSSR count). The molecule has 2 aromatic rings. The van der Waals surface area contributed by atoms with Crippen LogP contribution in [0.2, 0.25) is 0 Å². The highest BCUT2D eigenvalue weighted by Gasteiger charge is 2.21. The van der Waals surface area contributed by atoms with Crippen molar-refractivity contribution < 1.29 is 0 Å². The van der Waals surface area contributed by atoms with Gasteiger partial charge in [-0.2, -0.15) is 0 Å². The van der Waals surface area contributed by atoms with Crippen LogP contribution in [-0.4, -0.2) is 20.8 Å². The summed E-state index contributed by atoms with van der Waals surface area (Å²) in [5.41, 5.74) is 8.55. The molecule has 0 radical (unpaired) electrons. The van der Waals surface area contributed by atoms with Gasteiger partial charge in [0, 0.05) is 24.6 Å². The van der Waals surface area contributed by atoms with Gasteiger partial charge in [-0.1, -0.05) is 31.2 Å².